The van der Waals surface area contributed by atoms with Crippen molar-refractivity contribution in [2.24, 2.45) is 5.73 Å². The fourth-order valence-electron chi connectivity index (χ4n) is 1.71. The summed E-state index contributed by atoms with van der Waals surface area (Å²) in [5.41, 5.74) is 4.76. The molecule has 0 rings (SSSR count). The molecule has 0 heterocycles. The summed E-state index contributed by atoms with van der Waals surface area (Å²) in [6.45, 7) is 0. The molecule has 0 radical (unpaired) electrons. The minimum atomic E-state index is -8.54. The Hall–Kier alpha value is -2.06. The second kappa shape index (κ2) is 9.19. The van der Waals surface area contributed by atoms with E-state index in [1.165, 1.54) is 0 Å². The van der Waals surface area contributed by atoms with E-state index in [9.17, 15) is 75.4 Å². The minimum Gasteiger partial charge on any atom is -0.480 e. The van der Waals surface area contributed by atoms with E-state index >= 15 is 0 Å². The van der Waals surface area contributed by atoms with Gasteiger partial charge in [-0.25, -0.2) is 4.79 Å². The average Bonchev–Trinajstić information content (AvgIpc) is 2.62. The van der Waals surface area contributed by atoms with E-state index in [1.807, 2.05) is 0 Å². The van der Waals surface area contributed by atoms with Crippen LogP contribution in [-0.2, 0) is 9.59 Å². The van der Waals surface area contributed by atoms with Crippen LogP contribution in [0.2, 0.25) is 0 Å². The molecule has 0 amide bonds. The van der Waals surface area contributed by atoms with Gasteiger partial charge in [0.15, 0.2) is 0 Å². The largest absolute Gasteiger partial charge is 0.480 e. The van der Waals surface area contributed by atoms with Crippen molar-refractivity contribution in [3.8, 4) is 0 Å². The van der Waals surface area contributed by atoms with Gasteiger partial charge < -0.3 is 15.9 Å². The molecular weight excluding hydrogens is 551 g/mol. The van der Waals surface area contributed by atoms with Crippen molar-refractivity contribution in [1.29, 1.82) is 0 Å². The molecule has 21 heteroatoms. The average molecular weight is 559 g/mol. The monoisotopic (exact) mass is 559 g/mol. The van der Waals surface area contributed by atoms with Crippen LogP contribution in [0.5, 0.6) is 0 Å². The lowest BCUT2D eigenvalue weighted by molar-refractivity contribution is -0.449. The van der Waals surface area contributed by atoms with E-state index in [4.69, 9.17) is 15.9 Å². The zero-order chi connectivity index (χ0) is 27.9. The number of hydrogen-bond acceptors (Lipinski definition) is 4. The summed E-state index contributed by atoms with van der Waals surface area (Å²) >= 11 is -1.09. The van der Waals surface area contributed by atoms with E-state index in [1.54, 1.807) is 0 Å². The first-order chi connectivity index (χ1) is 14.6. The van der Waals surface area contributed by atoms with Crippen molar-refractivity contribution in [3.05, 3.63) is 11.0 Å². The lowest BCUT2D eigenvalue weighted by Crippen LogP contribution is -2.72. The van der Waals surface area contributed by atoms with Crippen LogP contribution >= 0.6 is 11.8 Å². The maximum absolute atomic E-state index is 14.1. The fourth-order valence-corrected chi connectivity index (χ4v) is 2.70. The Morgan fingerprint density at radius 3 is 1.38 bits per heavy atom. The molecule has 0 aliphatic rings. The zero-order valence-electron chi connectivity index (χ0n) is 15.2. The number of allylic oxidation sites excluding steroid dienone is 1. The molecule has 0 aromatic carbocycles. The second-order valence-electron chi connectivity index (χ2n) is 6.05. The van der Waals surface area contributed by atoms with Crippen LogP contribution in [-0.4, -0.2) is 75.7 Å². The van der Waals surface area contributed by atoms with Gasteiger partial charge in [-0.1, -0.05) is 0 Å². The van der Waals surface area contributed by atoms with Crippen molar-refractivity contribution < 1.29 is 85.7 Å². The second-order valence-corrected chi connectivity index (χ2v) is 7.11. The van der Waals surface area contributed by atoms with Crippen molar-refractivity contribution in [2.75, 3.05) is 5.75 Å². The zero-order valence-corrected chi connectivity index (χ0v) is 16.0. The van der Waals surface area contributed by atoms with Crippen molar-refractivity contribution in [3.63, 3.8) is 0 Å². The van der Waals surface area contributed by atoms with Crippen LogP contribution in [0.15, 0.2) is 11.0 Å². The Morgan fingerprint density at radius 1 is 0.706 bits per heavy atom. The first kappa shape index (κ1) is 31.9. The normalized spacial score (nSPS) is 16.4. The molecule has 34 heavy (non-hydrogen) atoms. The van der Waals surface area contributed by atoms with Gasteiger partial charge in [0.1, 0.15) is 6.04 Å². The van der Waals surface area contributed by atoms with Crippen molar-refractivity contribution in [1.82, 2.24) is 0 Å². The molecule has 0 spiro atoms. The van der Waals surface area contributed by atoms with Gasteiger partial charge in [0, 0.05) is 11.8 Å². The number of rotatable bonds is 11. The highest BCUT2D eigenvalue weighted by Crippen LogP contribution is 2.63. The van der Waals surface area contributed by atoms with Gasteiger partial charge >= 0.3 is 53.7 Å². The third-order valence-corrected chi connectivity index (χ3v) is 4.84. The van der Waals surface area contributed by atoms with E-state index in [2.05, 4.69) is 0 Å². The number of nitrogens with two attached hydrogens (primary N) is 1. The van der Waals surface area contributed by atoms with Crippen LogP contribution in [0.25, 0.3) is 0 Å². The summed E-state index contributed by atoms with van der Waals surface area (Å²) in [5.74, 6) is -54.9. The summed E-state index contributed by atoms with van der Waals surface area (Å²) in [6, 6.07) is -2.32. The maximum Gasteiger partial charge on any atom is 0.460 e. The number of carboxylic acids is 2. The van der Waals surface area contributed by atoms with Gasteiger partial charge in [-0.3, -0.25) is 4.79 Å². The molecule has 0 saturated heterocycles. The highest BCUT2D eigenvalue weighted by Gasteiger charge is 2.93. The maximum atomic E-state index is 14.1. The molecule has 0 aromatic rings. The van der Waals surface area contributed by atoms with E-state index in [0.717, 1.165) is 0 Å². The number of thioether (sulfide) groups is 1. The van der Waals surface area contributed by atoms with Crippen molar-refractivity contribution >= 4 is 23.7 Å². The van der Waals surface area contributed by atoms with Gasteiger partial charge in [0.25, 0.3) is 0 Å². The SMILES string of the molecule is NC(CS/C(=C\C(=O)O)C(F)(F)C(F)(F)C(F)(F)C(F)(F)C(F)(F)C(F)(F)C(F)(F)F)C(=O)O. The predicted octanol–water partition coefficient (Wildman–Crippen LogP) is 4.47. The highest BCUT2D eigenvalue weighted by molar-refractivity contribution is 8.03. The molecular formula is C13H8F15NO4S. The first-order valence-corrected chi connectivity index (χ1v) is 8.53. The van der Waals surface area contributed by atoms with Crippen LogP contribution in [0.3, 0.4) is 0 Å². The Labute approximate surface area is 180 Å². The summed E-state index contributed by atoms with van der Waals surface area (Å²) in [5, 5.41) is 16.8. The van der Waals surface area contributed by atoms with Gasteiger partial charge in [-0.05, 0) is 0 Å². The molecule has 1 atom stereocenters. The fraction of sp³-hybridized carbons (Fsp3) is 0.692. The van der Waals surface area contributed by atoms with Crippen LogP contribution in [0.1, 0.15) is 0 Å². The molecule has 0 fully saturated rings. The molecule has 0 aliphatic heterocycles. The van der Waals surface area contributed by atoms with Gasteiger partial charge in [-0.15, -0.1) is 11.8 Å². The Kier molecular flexibility index (Phi) is 8.63. The number of halogens is 15. The van der Waals surface area contributed by atoms with Gasteiger partial charge in [0.2, 0.25) is 0 Å². The van der Waals surface area contributed by atoms with Crippen LogP contribution in [0, 0.1) is 0 Å². The molecule has 1 unspecified atom stereocenters. The van der Waals surface area contributed by atoms with Crippen LogP contribution < -0.4 is 5.73 Å². The lowest BCUT2D eigenvalue weighted by Gasteiger charge is -2.41. The standard InChI is InChI=1S/C13H8F15NO4S/c14-7(15,4(1-5(30)31)34-2-3(29)6(32)33)8(16,17)9(18,19)10(20,21)11(22,23)12(24,25)13(26,27)28/h1,3H,2,29H2,(H,30,31)(H,32,33)/b4-1-. The third-order valence-electron chi connectivity index (χ3n) is 3.63. The lowest BCUT2D eigenvalue weighted by atomic mass is 9.91. The number of carbonyl (C=O) groups is 2. The number of alkyl halides is 15. The summed E-state index contributed by atoms with van der Waals surface area (Å²) in [6.07, 6.45) is -8.85. The predicted molar refractivity (Wildman–Crippen MR) is 79.5 cm³/mol. The number of hydrogen-bond donors (Lipinski definition) is 3. The molecule has 0 bridgehead atoms. The molecule has 4 N–H and O–H groups in total. The highest BCUT2D eigenvalue weighted by atomic mass is 32.2. The van der Waals surface area contributed by atoms with E-state index in [-0.39, 0.29) is 0 Å². The first-order valence-electron chi connectivity index (χ1n) is 7.54. The Bertz CT molecular complexity index is 824. The third kappa shape index (κ3) is 4.98. The molecule has 200 valence electrons. The Balaban J connectivity index is 6.76. The topological polar surface area (TPSA) is 101 Å². The molecule has 0 saturated carbocycles. The molecule has 0 aromatic heterocycles. The summed E-state index contributed by atoms with van der Waals surface area (Å²) < 4.78 is 198. The van der Waals surface area contributed by atoms with E-state index < -0.39 is 88.2 Å². The summed E-state index contributed by atoms with van der Waals surface area (Å²) in [7, 11) is 0. The number of carboxylic acid groups (broad SMARTS) is 2. The van der Waals surface area contributed by atoms with E-state index in [0.29, 0.717) is 0 Å². The van der Waals surface area contributed by atoms with Crippen LogP contribution in [0.4, 0.5) is 65.9 Å². The molecule has 0 aliphatic carbocycles. The summed E-state index contributed by atoms with van der Waals surface area (Å²) in [4.78, 5) is 18.1. The number of aliphatic carboxylic acids is 2. The van der Waals surface area contributed by atoms with Gasteiger partial charge in [0.05, 0.1) is 4.91 Å². The van der Waals surface area contributed by atoms with Crippen molar-refractivity contribution in [2.45, 2.75) is 47.8 Å². The van der Waals surface area contributed by atoms with Gasteiger partial charge in [-0.2, -0.15) is 65.9 Å². The smallest absolute Gasteiger partial charge is 0.460 e. The quantitative estimate of drug-likeness (QED) is 0.255. The molecule has 5 nitrogen and oxygen atoms in total. The minimum absolute atomic E-state index is 1.09. The Morgan fingerprint density at radius 2 is 1.06 bits per heavy atom.